The molecule has 2 rings (SSSR count). The van der Waals surface area contributed by atoms with Crippen LogP contribution in [0.4, 0.5) is 0 Å². The Morgan fingerprint density at radius 3 is 2.11 bits per heavy atom. The van der Waals surface area contributed by atoms with E-state index >= 15 is 0 Å². The van der Waals surface area contributed by atoms with Gasteiger partial charge in [0.15, 0.2) is 0 Å². The molecular weight excluding hydrogens is 224 g/mol. The monoisotopic (exact) mass is 242 g/mol. The van der Waals surface area contributed by atoms with Crippen molar-refractivity contribution in [3.63, 3.8) is 0 Å². The first-order valence-electron chi connectivity index (χ1n) is 6.25. The molecule has 2 aromatic carbocycles. The molecule has 1 atom stereocenters. The summed E-state index contributed by atoms with van der Waals surface area (Å²) in [5.41, 5.74) is 1.21. The van der Waals surface area contributed by atoms with Crippen LogP contribution in [0.3, 0.4) is 0 Å². The average Bonchev–Trinajstić information content (AvgIpc) is 2.41. The van der Waals surface area contributed by atoms with Crippen LogP contribution in [-0.4, -0.2) is 12.9 Å². The lowest BCUT2D eigenvalue weighted by molar-refractivity contribution is -0.0740. The van der Waals surface area contributed by atoms with Crippen LogP contribution in [0.15, 0.2) is 60.7 Å². The molecule has 94 valence electrons. The highest BCUT2D eigenvalue weighted by molar-refractivity contribution is 5.21. The molecule has 0 saturated carbocycles. The molecule has 0 aliphatic rings. The molecule has 0 aliphatic heterocycles. The largest absolute Gasteiger partial charge is 0.465 e. The molecule has 0 fully saturated rings. The van der Waals surface area contributed by atoms with Crippen molar-refractivity contribution in [2.24, 2.45) is 0 Å². The number of para-hydroxylation sites is 1. The van der Waals surface area contributed by atoms with Gasteiger partial charge in [-0.2, -0.15) is 0 Å². The van der Waals surface area contributed by atoms with Gasteiger partial charge in [-0.25, -0.2) is 0 Å². The van der Waals surface area contributed by atoms with Gasteiger partial charge in [-0.15, -0.1) is 0 Å². The molecule has 0 saturated heterocycles. The lowest BCUT2D eigenvalue weighted by Gasteiger charge is -2.19. The van der Waals surface area contributed by atoms with Gasteiger partial charge in [-0.3, -0.25) is 0 Å². The Morgan fingerprint density at radius 1 is 0.889 bits per heavy atom. The Balaban J connectivity index is 2.00. The predicted octanol–water partition coefficient (Wildman–Crippen LogP) is 3.67. The van der Waals surface area contributed by atoms with E-state index in [1.165, 1.54) is 5.56 Å². The Labute approximate surface area is 108 Å². The van der Waals surface area contributed by atoms with Gasteiger partial charge in [0.05, 0.1) is 0 Å². The van der Waals surface area contributed by atoms with Crippen LogP contribution in [0.1, 0.15) is 12.5 Å². The van der Waals surface area contributed by atoms with Crippen LogP contribution in [-0.2, 0) is 11.2 Å². The summed E-state index contributed by atoms with van der Waals surface area (Å²) in [4.78, 5) is 0. The zero-order chi connectivity index (χ0) is 12.6. The lowest BCUT2D eigenvalue weighted by atomic mass is 10.1. The third-order valence-corrected chi connectivity index (χ3v) is 2.61. The third kappa shape index (κ3) is 3.90. The van der Waals surface area contributed by atoms with Gasteiger partial charge in [0.25, 0.3) is 0 Å². The average molecular weight is 242 g/mol. The van der Waals surface area contributed by atoms with Gasteiger partial charge >= 0.3 is 0 Å². The molecule has 0 amide bonds. The van der Waals surface area contributed by atoms with Crippen LogP contribution in [0.25, 0.3) is 0 Å². The number of hydrogen-bond acceptors (Lipinski definition) is 2. The summed E-state index contributed by atoms with van der Waals surface area (Å²) in [5.74, 6) is 0.840. The second kappa shape index (κ2) is 6.82. The SMILES string of the molecule is CCOC(Cc1ccccc1)Oc1ccccc1. The van der Waals surface area contributed by atoms with Crippen molar-refractivity contribution in [2.45, 2.75) is 19.6 Å². The van der Waals surface area contributed by atoms with Crippen LogP contribution in [0, 0.1) is 0 Å². The van der Waals surface area contributed by atoms with Crippen molar-refractivity contribution in [1.82, 2.24) is 0 Å². The van der Waals surface area contributed by atoms with E-state index in [-0.39, 0.29) is 6.29 Å². The van der Waals surface area contributed by atoms with E-state index in [2.05, 4.69) is 12.1 Å². The fraction of sp³-hybridized carbons (Fsp3) is 0.250. The maximum atomic E-state index is 5.84. The Bertz CT molecular complexity index is 398. The van der Waals surface area contributed by atoms with E-state index in [1.807, 2.05) is 55.5 Å². The molecule has 0 spiro atoms. The lowest BCUT2D eigenvalue weighted by Crippen LogP contribution is -2.23. The van der Waals surface area contributed by atoms with Gasteiger partial charge in [0.2, 0.25) is 6.29 Å². The molecule has 0 radical (unpaired) electrons. The number of benzene rings is 2. The van der Waals surface area contributed by atoms with Crippen molar-refractivity contribution >= 4 is 0 Å². The Morgan fingerprint density at radius 2 is 1.50 bits per heavy atom. The van der Waals surface area contributed by atoms with Gasteiger partial charge in [-0.05, 0) is 24.6 Å². The van der Waals surface area contributed by atoms with Gasteiger partial charge in [0.1, 0.15) is 5.75 Å². The summed E-state index contributed by atoms with van der Waals surface area (Å²) < 4.78 is 11.5. The first-order chi connectivity index (χ1) is 8.88. The molecule has 0 heterocycles. The minimum atomic E-state index is -0.236. The molecule has 18 heavy (non-hydrogen) atoms. The molecule has 2 heteroatoms. The molecule has 0 N–H and O–H groups in total. The fourth-order valence-electron chi connectivity index (χ4n) is 1.78. The van der Waals surface area contributed by atoms with Gasteiger partial charge in [0, 0.05) is 13.0 Å². The minimum Gasteiger partial charge on any atom is -0.465 e. The van der Waals surface area contributed by atoms with Crippen LogP contribution >= 0.6 is 0 Å². The summed E-state index contributed by atoms with van der Waals surface area (Å²) in [7, 11) is 0. The maximum absolute atomic E-state index is 5.84. The normalized spacial score (nSPS) is 12.1. The summed E-state index contributed by atoms with van der Waals surface area (Å²) in [6.45, 7) is 2.62. The molecular formula is C16H18O2. The third-order valence-electron chi connectivity index (χ3n) is 2.61. The van der Waals surface area contributed by atoms with E-state index in [0.29, 0.717) is 6.61 Å². The number of hydrogen-bond donors (Lipinski definition) is 0. The number of ether oxygens (including phenoxy) is 2. The quantitative estimate of drug-likeness (QED) is 0.719. The van der Waals surface area contributed by atoms with Crippen molar-refractivity contribution in [3.8, 4) is 5.75 Å². The Kier molecular flexibility index (Phi) is 4.79. The molecule has 0 aromatic heterocycles. The van der Waals surface area contributed by atoms with Crippen molar-refractivity contribution < 1.29 is 9.47 Å². The fourth-order valence-corrected chi connectivity index (χ4v) is 1.78. The highest BCUT2D eigenvalue weighted by Gasteiger charge is 2.10. The molecule has 0 aliphatic carbocycles. The minimum absolute atomic E-state index is 0.236. The van der Waals surface area contributed by atoms with Crippen LogP contribution in [0.2, 0.25) is 0 Å². The summed E-state index contributed by atoms with van der Waals surface area (Å²) in [6.07, 6.45) is 0.517. The van der Waals surface area contributed by atoms with E-state index in [1.54, 1.807) is 0 Å². The van der Waals surface area contributed by atoms with Crippen molar-refractivity contribution in [1.29, 1.82) is 0 Å². The summed E-state index contributed by atoms with van der Waals surface area (Å²) in [5, 5.41) is 0. The number of rotatable bonds is 6. The van der Waals surface area contributed by atoms with Crippen molar-refractivity contribution in [2.75, 3.05) is 6.61 Å². The molecule has 1 unspecified atom stereocenters. The van der Waals surface area contributed by atoms with Crippen molar-refractivity contribution in [3.05, 3.63) is 66.2 Å². The van der Waals surface area contributed by atoms with Crippen LogP contribution < -0.4 is 4.74 Å². The maximum Gasteiger partial charge on any atom is 0.203 e. The second-order valence-electron chi connectivity index (χ2n) is 4.01. The highest BCUT2D eigenvalue weighted by atomic mass is 16.7. The van der Waals surface area contributed by atoms with Gasteiger partial charge < -0.3 is 9.47 Å². The molecule has 2 nitrogen and oxygen atoms in total. The predicted molar refractivity (Wildman–Crippen MR) is 72.6 cm³/mol. The first-order valence-corrected chi connectivity index (χ1v) is 6.25. The summed E-state index contributed by atoms with van der Waals surface area (Å²) >= 11 is 0. The molecule has 0 bridgehead atoms. The smallest absolute Gasteiger partial charge is 0.203 e. The van der Waals surface area contributed by atoms with Gasteiger partial charge in [-0.1, -0.05) is 48.5 Å². The summed E-state index contributed by atoms with van der Waals surface area (Å²) in [6, 6.07) is 20.0. The first kappa shape index (κ1) is 12.7. The standard InChI is InChI=1S/C16H18O2/c1-2-17-16(13-14-9-5-3-6-10-14)18-15-11-7-4-8-12-15/h3-12,16H,2,13H2,1H3. The zero-order valence-electron chi connectivity index (χ0n) is 10.6. The molecule has 2 aromatic rings. The van der Waals surface area contributed by atoms with Crippen LogP contribution in [0.5, 0.6) is 5.75 Å². The van der Waals surface area contributed by atoms with E-state index in [9.17, 15) is 0 Å². The zero-order valence-corrected chi connectivity index (χ0v) is 10.6. The highest BCUT2D eigenvalue weighted by Crippen LogP contribution is 2.14. The Hall–Kier alpha value is -1.80. The topological polar surface area (TPSA) is 18.5 Å². The van der Waals surface area contributed by atoms with E-state index < -0.39 is 0 Å². The van der Waals surface area contributed by atoms with E-state index in [4.69, 9.17) is 9.47 Å². The second-order valence-corrected chi connectivity index (χ2v) is 4.01. The van der Waals surface area contributed by atoms with E-state index in [0.717, 1.165) is 12.2 Å².